The highest BCUT2D eigenvalue weighted by Crippen LogP contribution is 2.23. The molecule has 0 saturated carbocycles. The Morgan fingerprint density at radius 3 is 2.40 bits per heavy atom. The molecule has 0 atom stereocenters. The fraction of sp³-hybridized carbons (Fsp3) is 0. The number of hydrogen-bond donors (Lipinski definition) is 2. The van der Waals surface area contributed by atoms with E-state index in [0.29, 0.717) is 15.7 Å². The summed E-state index contributed by atoms with van der Waals surface area (Å²) >= 11 is 11.6. The zero-order valence-electron chi connectivity index (χ0n) is 9.93. The highest BCUT2D eigenvalue weighted by atomic mass is 35.5. The van der Waals surface area contributed by atoms with Crippen molar-refractivity contribution in [1.29, 1.82) is 0 Å². The molecule has 0 radical (unpaired) electrons. The molecule has 1 aromatic carbocycles. The second-order valence-electron chi connectivity index (χ2n) is 3.82. The molecule has 0 aliphatic rings. The molecule has 1 amide bonds. The van der Waals surface area contributed by atoms with Crippen molar-refractivity contribution in [2.75, 3.05) is 5.32 Å². The van der Waals surface area contributed by atoms with Crippen molar-refractivity contribution in [2.45, 2.75) is 0 Å². The first-order valence-corrected chi connectivity index (χ1v) is 6.18. The monoisotopic (exact) mass is 310 g/mol. The minimum atomic E-state index is -1.28. The maximum atomic E-state index is 12.1. The number of carboxylic acid groups (broad SMARTS) is 1. The summed E-state index contributed by atoms with van der Waals surface area (Å²) in [5.41, 5.74) is 0.00177. The first-order valence-electron chi connectivity index (χ1n) is 5.43. The molecule has 7 heteroatoms. The van der Waals surface area contributed by atoms with E-state index in [0.717, 1.165) is 0 Å². The second-order valence-corrected chi connectivity index (χ2v) is 4.69. The van der Waals surface area contributed by atoms with Gasteiger partial charge < -0.3 is 10.4 Å². The number of hydrogen-bond acceptors (Lipinski definition) is 3. The summed E-state index contributed by atoms with van der Waals surface area (Å²) in [4.78, 5) is 26.7. The minimum absolute atomic E-state index is 0.0453. The Labute approximate surface area is 124 Å². The van der Waals surface area contributed by atoms with Crippen LogP contribution in [0.5, 0.6) is 0 Å². The Balaban J connectivity index is 2.31. The molecule has 0 fully saturated rings. The molecular weight excluding hydrogens is 303 g/mol. The third-order valence-corrected chi connectivity index (χ3v) is 2.81. The van der Waals surface area contributed by atoms with Crippen molar-refractivity contribution in [1.82, 2.24) is 4.98 Å². The van der Waals surface area contributed by atoms with Gasteiger partial charge in [0.05, 0.1) is 5.56 Å². The summed E-state index contributed by atoms with van der Waals surface area (Å²) in [5.74, 6) is -1.88. The highest BCUT2D eigenvalue weighted by Gasteiger charge is 2.17. The average molecular weight is 311 g/mol. The van der Waals surface area contributed by atoms with Gasteiger partial charge >= 0.3 is 5.97 Å². The third kappa shape index (κ3) is 3.26. The standard InChI is InChI=1S/C13H8Cl2N2O3/c14-7-4-8(15)6-9(5-7)17-12(18)10-2-1-3-16-11(10)13(19)20/h1-6H,(H,17,18)(H,19,20). The Bertz CT molecular complexity index is 669. The van der Waals surface area contributed by atoms with Gasteiger partial charge in [-0.15, -0.1) is 0 Å². The van der Waals surface area contributed by atoms with E-state index in [-0.39, 0.29) is 11.3 Å². The molecule has 20 heavy (non-hydrogen) atoms. The van der Waals surface area contributed by atoms with Gasteiger partial charge in [0.2, 0.25) is 0 Å². The van der Waals surface area contributed by atoms with Gasteiger partial charge in [0.1, 0.15) is 0 Å². The van der Waals surface area contributed by atoms with Crippen LogP contribution in [0, 0.1) is 0 Å². The van der Waals surface area contributed by atoms with Gasteiger partial charge in [-0.2, -0.15) is 0 Å². The molecule has 0 saturated heterocycles. The number of carbonyl (C=O) groups is 2. The first-order chi connectivity index (χ1) is 9.47. The Kier molecular flexibility index (Phi) is 4.22. The molecule has 0 unspecified atom stereocenters. The number of nitrogens with one attached hydrogen (secondary N) is 1. The van der Waals surface area contributed by atoms with Gasteiger partial charge in [-0.1, -0.05) is 23.2 Å². The molecule has 1 aromatic heterocycles. The maximum absolute atomic E-state index is 12.1. The van der Waals surface area contributed by atoms with E-state index in [9.17, 15) is 9.59 Å². The van der Waals surface area contributed by atoms with Crippen LogP contribution in [0.1, 0.15) is 20.8 Å². The fourth-order valence-corrected chi connectivity index (χ4v) is 2.11. The molecule has 2 rings (SSSR count). The summed E-state index contributed by atoms with van der Waals surface area (Å²) in [7, 11) is 0. The summed E-state index contributed by atoms with van der Waals surface area (Å²) in [6, 6.07) is 7.38. The lowest BCUT2D eigenvalue weighted by Gasteiger charge is -2.08. The largest absolute Gasteiger partial charge is 0.476 e. The summed E-state index contributed by atoms with van der Waals surface area (Å²) < 4.78 is 0. The number of aromatic carboxylic acids is 1. The van der Waals surface area contributed by atoms with Crippen molar-refractivity contribution in [3.63, 3.8) is 0 Å². The molecule has 1 heterocycles. The quantitative estimate of drug-likeness (QED) is 0.911. The third-order valence-electron chi connectivity index (χ3n) is 2.38. The number of amides is 1. The van der Waals surface area contributed by atoms with E-state index in [1.807, 2.05) is 0 Å². The van der Waals surface area contributed by atoms with Crippen LogP contribution in [0.3, 0.4) is 0 Å². The molecule has 2 aromatic rings. The van der Waals surface area contributed by atoms with Crippen molar-refractivity contribution < 1.29 is 14.7 Å². The number of rotatable bonds is 3. The van der Waals surface area contributed by atoms with E-state index in [2.05, 4.69) is 10.3 Å². The molecule has 102 valence electrons. The summed E-state index contributed by atoms with van der Waals surface area (Å²) in [5, 5.41) is 12.2. The van der Waals surface area contributed by atoms with Crippen LogP contribution < -0.4 is 5.32 Å². The number of carboxylic acids is 1. The van der Waals surface area contributed by atoms with Gasteiger partial charge in [-0.05, 0) is 30.3 Å². The van der Waals surface area contributed by atoms with E-state index in [1.165, 1.54) is 36.5 Å². The second kappa shape index (κ2) is 5.90. The molecule has 0 aliphatic heterocycles. The van der Waals surface area contributed by atoms with Crippen LogP contribution in [0.4, 0.5) is 5.69 Å². The van der Waals surface area contributed by atoms with Gasteiger partial charge in [-0.25, -0.2) is 9.78 Å². The lowest BCUT2D eigenvalue weighted by atomic mass is 10.1. The molecular formula is C13H8Cl2N2O3. The van der Waals surface area contributed by atoms with Crippen molar-refractivity contribution in [3.8, 4) is 0 Å². The van der Waals surface area contributed by atoms with Gasteiger partial charge in [-0.3, -0.25) is 4.79 Å². The topological polar surface area (TPSA) is 79.3 Å². The number of halogens is 2. The summed E-state index contributed by atoms with van der Waals surface area (Å²) in [6.45, 7) is 0. The number of benzene rings is 1. The lowest BCUT2D eigenvalue weighted by molar-refractivity contribution is 0.0686. The van der Waals surface area contributed by atoms with Crippen molar-refractivity contribution in [3.05, 3.63) is 57.8 Å². The molecule has 0 aliphatic carbocycles. The van der Waals surface area contributed by atoms with E-state index in [4.69, 9.17) is 28.3 Å². The van der Waals surface area contributed by atoms with Crippen LogP contribution in [0.25, 0.3) is 0 Å². The first kappa shape index (κ1) is 14.3. The molecule has 5 nitrogen and oxygen atoms in total. The zero-order chi connectivity index (χ0) is 14.7. The number of carbonyl (C=O) groups excluding carboxylic acids is 1. The van der Waals surface area contributed by atoms with Crippen LogP contribution >= 0.6 is 23.2 Å². The van der Waals surface area contributed by atoms with Crippen LogP contribution in [0.15, 0.2) is 36.5 Å². The Morgan fingerprint density at radius 2 is 1.80 bits per heavy atom. The maximum Gasteiger partial charge on any atom is 0.355 e. The Morgan fingerprint density at radius 1 is 1.15 bits per heavy atom. The van der Waals surface area contributed by atoms with Crippen LogP contribution in [0.2, 0.25) is 10.0 Å². The predicted molar refractivity (Wildman–Crippen MR) is 75.6 cm³/mol. The Hall–Kier alpha value is -2.11. The number of aromatic nitrogens is 1. The van der Waals surface area contributed by atoms with Crippen LogP contribution in [-0.4, -0.2) is 22.0 Å². The van der Waals surface area contributed by atoms with Gasteiger partial charge in [0.15, 0.2) is 5.69 Å². The average Bonchev–Trinajstić information content (AvgIpc) is 2.37. The highest BCUT2D eigenvalue weighted by molar-refractivity contribution is 6.35. The fourth-order valence-electron chi connectivity index (χ4n) is 1.58. The van der Waals surface area contributed by atoms with Gasteiger partial charge in [0, 0.05) is 21.9 Å². The minimum Gasteiger partial charge on any atom is -0.476 e. The number of nitrogens with zero attached hydrogens (tertiary/aromatic N) is 1. The predicted octanol–water partition coefficient (Wildman–Crippen LogP) is 3.34. The lowest BCUT2D eigenvalue weighted by Crippen LogP contribution is -2.17. The SMILES string of the molecule is O=C(Nc1cc(Cl)cc(Cl)c1)c1cccnc1C(=O)O. The van der Waals surface area contributed by atoms with Gasteiger partial charge in [0.25, 0.3) is 5.91 Å². The van der Waals surface area contributed by atoms with E-state index < -0.39 is 11.9 Å². The van der Waals surface area contributed by atoms with Crippen molar-refractivity contribution in [2.24, 2.45) is 0 Å². The summed E-state index contributed by atoms with van der Waals surface area (Å²) in [6.07, 6.45) is 1.30. The van der Waals surface area contributed by atoms with Crippen LogP contribution in [-0.2, 0) is 0 Å². The van der Waals surface area contributed by atoms with E-state index >= 15 is 0 Å². The van der Waals surface area contributed by atoms with Crippen molar-refractivity contribution >= 4 is 40.8 Å². The van der Waals surface area contributed by atoms with E-state index in [1.54, 1.807) is 0 Å². The number of anilines is 1. The normalized spacial score (nSPS) is 10.1. The smallest absolute Gasteiger partial charge is 0.355 e. The zero-order valence-corrected chi connectivity index (χ0v) is 11.4. The number of pyridine rings is 1. The molecule has 2 N–H and O–H groups in total. The molecule has 0 spiro atoms. The molecule has 0 bridgehead atoms.